The van der Waals surface area contributed by atoms with Crippen molar-refractivity contribution in [2.45, 2.75) is 0 Å². The summed E-state index contributed by atoms with van der Waals surface area (Å²) in [5, 5.41) is 14.3. The molecule has 7 heteroatoms. The summed E-state index contributed by atoms with van der Waals surface area (Å²) in [5.41, 5.74) is 1.52. The largest absolute Gasteiger partial charge is 0.482 e. The number of carbonyl (C=O) groups excluding carboxylic acids is 2. The average molecular weight is 338 g/mol. The van der Waals surface area contributed by atoms with Crippen molar-refractivity contribution in [3.05, 3.63) is 59.7 Å². The van der Waals surface area contributed by atoms with E-state index in [1.54, 1.807) is 36.4 Å². The number of anilines is 2. The van der Waals surface area contributed by atoms with Gasteiger partial charge in [0.25, 0.3) is 5.91 Å². The van der Waals surface area contributed by atoms with E-state index in [4.69, 9.17) is 9.84 Å². The first-order valence-electron chi connectivity index (χ1n) is 7.41. The van der Waals surface area contributed by atoms with E-state index < -0.39 is 11.9 Å². The number of rotatable bonds is 4. The van der Waals surface area contributed by atoms with Gasteiger partial charge in [-0.2, -0.15) is 0 Å². The van der Waals surface area contributed by atoms with Crippen LogP contribution in [0.3, 0.4) is 0 Å². The number of aromatic carboxylic acids is 1. The highest BCUT2D eigenvalue weighted by Gasteiger charge is 2.15. The molecule has 0 bridgehead atoms. The number of hydrogen-bond acceptors (Lipinski definition) is 4. The third-order valence-electron chi connectivity index (χ3n) is 3.48. The molecule has 1 heterocycles. The highest BCUT2D eigenvalue weighted by molar-refractivity contribution is 6.06. The van der Waals surface area contributed by atoms with Crippen LogP contribution in [0.4, 0.5) is 11.4 Å². The summed E-state index contributed by atoms with van der Waals surface area (Å²) < 4.78 is 5.31. The molecule has 1 aliphatic heterocycles. The van der Waals surface area contributed by atoms with Gasteiger partial charge >= 0.3 is 5.97 Å². The first kappa shape index (κ1) is 16.3. The Hall–Kier alpha value is -3.61. The monoisotopic (exact) mass is 338 g/mol. The summed E-state index contributed by atoms with van der Waals surface area (Å²) >= 11 is 0. The van der Waals surface area contributed by atoms with Crippen molar-refractivity contribution in [3.63, 3.8) is 0 Å². The molecule has 1 aliphatic rings. The Kier molecular flexibility index (Phi) is 4.47. The van der Waals surface area contributed by atoms with Gasteiger partial charge < -0.3 is 20.5 Å². The van der Waals surface area contributed by atoms with Crippen molar-refractivity contribution in [2.75, 3.05) is 17.2 Å². The Morgan fingerprint density at radius 1 is 1.20 bits per heavy atom. The third kappa shape index (κ3) is 3.84. The smallest absolute Gasteiger partial charge is 0.337 e. The fourth-order valence-electron chi connectivity index (χ4n) is 2.32. The minimum Gasteiger partial charge on any atom is -0.482 e. The van der Waals surface area contributed by atoms with Crippen LogP contribution in [0.25, 0.3) is 6.08 Å². The lowest BCUT2D eigenvalue weighted by Crippen LogP contribution is -2.25. The molecule has 7 nitrogen and oxygen atoms in total. The molecule has 3 N–H and O–H groups in total. The Bertz CT molecular complexity index is 889. The highest BCUT2D eigenvalue weighted by Crippen LogP contribution is 2.28. The van der Waals surface area contributed by atoms with E-state index in [0.29, 0.717) is 17.0 Å². The summed E-state index contributed by atoms with van der Waals surface area (Å²) in [6.45, 7) is -0.0490. The van der Waals surface area contributed by atoms with Gasteiger partial charge in [0.05, 0.1) is 16.9 Å². The van der Waals surface area contributed by atoms with Gasteiger partial charge in [-0.3, -0.25) is 9.59 Å². The number of carbonyl (C=O) groups is 3. The Morgan fingerprint density at radius 2 is 2.00 bits per heavy atom. The molecule has 2 amide bonds. The first-order valence-corrected chi connectivity index (χ1v) is 7.41. The number of carboxylic acids is 1. The molecule has 0 unspecified atom stereocenters. The molecule has 0 spiro atoms. The Morgan fingerprint density at radius 3 is 2.80 bits per heavy atom. The molecule has 0 aliphatic carbocycles. The van der Waals surface area contributed by atoms with Gasteiger partial charge in [-0.1, -0.05) is 18.2 Å². The maximum Gasteiger partial charge on any atom is 0.337 e. The first-order chi connectivity index (χ1) is 12.0. The van der Waals surface area contributed by atoms with Gasteiger partial charge in [-0.05, 0) is 35.9 Å². The molecule has 0 aromatic heterocycles. The SMILES string of the molecule is O=C(C=Cc1ccc2c(c1)OCC(=O)N2)Nc1ccccc1C(=O)O. The van der Waals surface area contributed by atoms with E-state index in [1.807, 2.05) is 0 Å². The molecule has 3 rings (SSSR count). The number of amides is 2. The molecular formula is C18H14N2O5. The van der Waals surface area contributed by atoms with Gasteiger partial charge in [0.2, 0.25) is 5.91 Å². The number of hydrogen-bond donors (Lipinski definition) is 3. The number of nitrogens with one attached hydrogen (secondary N) is 2. The second-order valence-electron chi connectivity index (χ2n) is 5.27. The molecular weight excluding hydrogens is 324 g/mol. The van der Waals surface area contributed by atoms with Gasteiger partial charge in [0.1, 0.15) is 5.75 Å². The van der Waals surface area contributed by atoms with E-state index >= 15 is 0 Å². The quantitative estimate of drug-likeness (QED) is 0.742. The Labute approximate surface area is 142 Å². The lowest BCUT2D eigenvalue weighted by Gasteiger charge is -2.17. The van der Waals surface area contributed by atoms with E-state index in [1.165, 1.54) is 18.2 Å². The molecule has 2 aromatic carbocycles. The number of carboxylic acid groups (broad SMARTS) is 1. The summed E-state index contributed by atoms with van der Waals surface area (Å²) in [6.07, 6.45) is 2.86. The van der Waals surface area contributed by atoms with Crippen molar-refractivity contribution < 1.29 is 24.2 Å². The van der Waals surface area contributed by atoms with Crippen LogP contribution in [-0.2, 0) is 9.59 Å². The summed E-state index contributed by atoms with van der Waals surface area (Å²) in [4.78, 5) is 34.4. The third-order valence-corrected chi connectivity index (χ3v) is 3.48. The van der Waals surface area contributed by atoms with E-state index in [9.17, 15) is 14.4 Å². The fraction of sp³-hybridized carbons (Fsp3) is 0.0556. The topological polar surface area (TPSA) is 105 Å². The molecule has 25 heavy (non-hydrogen) atoms. The molecule has 0 saturated heterocycles. The van der Waals surface area contributed by atoms with Gasteiger partial charge in [-0.25, -0.2) is 4.79 Å². The number of benzene rings is 2. The molecule has 2 aromatic rings. The van der Waals surface area contributed by atoms with Crippen LogP contribution in [0.2, 0.25) is 0 Å². The zero-order valence-electron chi connectivity index (χ0n) is 13.0. The maximum absolute atomic E-state index is 12.0. The van der Waals surface area contributed by atoms with Crippen molar-refractivity contribution in [1.82, 2.24) is 0 Å². The normalized spacial score (nSPS) is 12.9. The van der Waals surface area contributed by atoms with Crippen molar-refractivity contribution in [2.24, 2.45) is 0 Å². The number of fused-ring (bicyclic) bond motifs is 1. The number of para-hydroxylation sites is 1. The summed E-state index contributed by atoms with van der Waals surface area (Å²) in [7, 11) is 0. The standard InChI is InChI=1S/C18H14N2O5/c21-16(19-13-4-2-1-3-12(13)18(23)24)8-6-11-5-7-14-15(9-11)25-10-17(22)20-14/h1-9H,10H2,(H,19,21)(H,20,22)(H,23,24). The van der Waals surface area contributed by atoms with Crippen molar-refractivity contribution >= 4 is 35.2 Å². The lowest BCUT2D eigenvalue weighted by atomic mass is 10.1. The van der Waals surface area contributed by atoms with E-state index in [0.717, 1.165) is 0 Å². The predicted molar refractivity (Wildman–Crippen MR) is 91.6 cm³/mol. The minimum absolute atomic E-state index is 0.0159. The Balaban J connectivity index is 1.71. The minimum atomic E-state index is -1.12. The fourth-order valence-corrected chi connectivity index (χ4v) is 2.32. The lowest BCUT2D eigenvalue weighted by molar-refractivity contribution is -0.118. The molecule has 0 saturated carbocycles. The second kappa shape index (κ2) is 6.88. The zero-order valence-corrected chi connectivity index (χ0v) is 13.0. The molecule has 0 fully saturated rings. The maximum atomic E-state index is 12.0. The van der Waals surface area contributed by atoms with Crippen LogP contribution in [0.15, 0.2) is 48.5 Å². The highest BCUT2D eigenvalue weighted by atomic mass is 16.5. The predicted octanol–water partition coefficient (Wildman–Crippen LogP) is 2.37. The summed E-state index contributed by atoms with van der Waals surface area (Å²) in [6, 6.07) is 11.3. The number of ether oxygens (including phenoxy) is 1. The molecule has 126 valence electrons. The van der Waals surface area contributed by atoms with Crippen molar-refractivity contribution in [3.8, 4) is 5.75 Å². The average Bonchev–Trinajstić information content (AvgIpc) is 2.60. The van der Waals surface area contributed by atoms with Crippen LogP contribution in [0.1, 0.15) is 15.9 Å². The van der Waals surface area contributed by atoms with Crippen LogP contribution in [-0.4, -0.2) is 29.5 Å². The second-order valence-corrected chi connectivity index (χ2v) is 5.27. The van der Waals surface area contributed by atoms with Gasteiger partial charge in [-0.15, -0.1) is 0 Å². The van der Waals surface area contributed by atoms with Crippen LogP contribution < -0.4 is 15.4 Å². The summed E-state index contributed by atoms with van der Waals surface area (Å²) in [5.74, 6) is -1.26. The zero-order chi connectivity index (χ0) is 17.8. The van der Waals surface area contributed by atoms with Crippen LogP contribution in [0, 0.1) is 0 Å². The van der Waals surface area contributed by atoms with E-state index in [-0.39, 0.29) is 23.8 Å². The molecule has 0 radical (unpaired) electrons. The van der Waals surface area contributed by atoms with Gasteiger partial charge in [0, 0.05) is 6.08 Å². The van der Waals surface area contributed by atoms with Crippen LogP contribution >= 0.6 is 0 Å². The van der Waals surface area contributed by atoms with Crippen molar-refractivity contribution in [1.29, 1.82) is 0 Å². The van der Waals surface area contributed by atoms with Crippen LogP contribution in [0.5, 0.6) is 5.75 Å². The van der Waals surface area contributed by atoms with Gasteiger partial charge in [0.15, 0.2) is 6.61 Å². The van der Waals surface area contributed by atoms with E-state index in [2.05, 4.69) is 10.6 Å². The molecule has 0 atom stereocenters.